The molecule has 0 saturated carbocycles. The number of pyridine rings is 3. The number of benzene rings is 5. The van der Waals surface area contributed by atoms with E-state index in [0.29, 0.717) is 6.42 Å². The van der Waals surface area contributed by atoms with Gasteiger partial charge in [-0.25, -0.2) is 4.98 Å². The number of anilines is 4. The molecule has 0 aliphatic carbocycles. The van der Waals surface area contributed by atoms with Crippen LogP contribution >= 0.6 is 0 Å². The molecule has 262 valence electrons. The molecule has 5 heterocycles. The second kappa shape index (κ2) is 14.2. The molecule has 10 rings (SSSR count). The van der Waals surface area contributed by atoms with Gasteiger partial charge in [0.05, 0.1) is 0 Å². The Bertz CT molecular complexity index is 2690. The first kappa shape index (κ1) is 33.5. The van der Waals surface area contributed by atoms with Crippen LogP contribution in [-0.4, -0.2) is 19.5 Å². The SMILES string of the molecule is [Pt].[c-]1c(Cc2[c-]c3c(cc2)c2ccccc2n3-c2ccccn2)cccc1N1[CH-]N(c2c(-c3ccncc3)cccc2-c2ccncc2)c2ccccc21. The first-order chi connectivity index (χ1) is 26.3. The Morgan fingerprint density at radius 1 is 0.519 bits per heavy atom. The number of rotatable bonds is 7. The van der Waals surface area contributed by atoms with E-state index in [0.717, 1.165) is 78.4 Å². The van der Waals surface area contributed by atoms with E-state index in [4.69, 9.17) is 4.98 Å². The number of nitrogens with zero attached hydrogens (tertiary/aromatic N) is 6. The molecule has 0 amide bonds. The van der Waals surface area contributed by atoms with Crippen LogP contribution in [0.5, 0.6) is 0 Å². The molecule has 54 heavy (non-hydrogen) atoms. The van der Waals surface area contributed by atoms with E-state index in [1.165, 1.54) is 5.39 Å². The smallest absolute Gasteiger partial charge is 0.135 e. The average Bonchev–Trinajstić information content (AvgIpc) is 3.78. The van der Waals surface area contributed by atoms with Crippen molar-refractivity contribution in [1.29, 1.82) is 0 Å². The molecule has 0 radical (unpaired) electrons. The summed E-state index contributed by atoms with van der Waals surface area (Å²) in [6.07, 6.45) is 9.91. The maximum absolute atomic E-state index is 4.70. The van der Waals surface area contributed by atoms with Gasteiger partial charge in [0.1, 0.15) is 5.82 Å². The fraction of sp³-hybridized carbons (Fsp3) is 0.0213. The third-order valence-corrected chi connectivity index (χ3v) is 9.89. The third-order valence-electron chi connectivity index (χ3n) is 9.89. The normalized spacial score (nSPS) is 12.2. The maximum Gasteiger partial charge on any atom is 0.135 e. The summed E-state index contributed by atoms with van der Waals surface area (Å²) in [6.45, 7) is 2.19. The van der Waals surface area contributed by atoms with E-state index in [2.05, 4.69) is 164 Å². The third kappa shape index (κ3) is 5.85. The molecule has 0 N–H and O–H groups in total. The second-order valence-corrected chi connectivity index (χ2v) is 13.0. The monoisotopic (exact) mass is 874 g/mol. The van der Waals surface area contributed by atoms with Gasteiger partial charge in [-0.3, -0.25) is 9.97 Å². The van der Waals surface area contributed by atoms with Gasteiger partial charge >= 0.3 is 0 Å². The molecule has 9 aromatic rings. The van der Waals surface area contributed by atoms with Crippen LogP contribution in [0.25, 0.3) is 49.9 Å². The molecular formula is C47H31N6Pt-3. The van der Waals surface area contributed by atoms with Crippen LogP contribution in [0.3, 0.4) is 0 Å². The molecule has 0 spiro atoms. The number of hydrogen-bond donors (Lipinski definition) is 0. The molecule has 4 aromatic heterocycles. The summed E-state index contributed by atoms with van der Waals surface area (Å²) in [5.41, 5.74) is 12.9. The van der Waals surface area contributed by atoms with Crippen LogP contribution in [-0.2, 0) is 27.5 Å². The minimum absolute atomic E-state index is 0. The van der Waals surface area contributed by atoms with Crippen LogP contribution < -0.4 is 9.80 Å². The molecular weight excluding hydrogens is 844 g/mol. The largest absolute Gasteiger partial charge is 0.493 e. The summed E-state index contributed by atoms with van der Waals surface area (Å²) in [7, 11) is 0. The second-order valence-electron chi connectivity index (χ2n) is 13.0. The van der Waals surface area contributed by atoms with Crippen LogP contribution in [0.2, 0.25) is 0 Å². The fourth-order valence-corrected chi connectivity index (χ4v) is 7.53. The Morgan fingerprint density at radius 2 is 1.17 bits per heavy atom. The van der Waals surface area contributed by atoms with Gasteiger partial charge in [0.15, 0.2) is 0 Å². The van der Waals surface area contributed by atoms with E-state index in [9.17, 15) is 0 Å². The Morgan fingerprint density at radius 3 is 1.89 bits per heavy atom. The molecule has 0 atom stereocenters. The predicted molar refractivity (Wildman–Crippen MR) is 213 cm³/mol. The van der Waals surface area contributed by atoms with Crippen LogP contribution in [0.15, 0.2) is 171 Å². The topological polar surface area (TPSA) is 50.1 Å². The van der Waals surface area contributed by atoms with E-state index in [-0.39, 0.29) is 21.1 Å². The van der Waals surface area contributed by atoms with Gasteiger partial charge in [-0.2, -0.15) is 53.6 Å². The number of hydrogen-bond acceptors (Lipinski definition) is 5. The Hall–Kier alpha value is -6.36. The maximum atomic E-state index is 4.70. The van der Waals surface area contributed by atoms with Crippen molar-refractivity contribution >= 4 is 44.6 Å². The fourth-order valence-electron chi connectivity index (χ4n) is 7.53. The Balaban J connectivity index is 0.00000384. The molecule has 0 saturated heterocycles. The van der Waals surface area contributed by atoms with Crippen molar-refractivity contribution in [1.82, 2.24) is 19.5 Å². The van der Waals surface area contributed by atoms with Crippen molar-refractivity contribution in [2.75, 3.05) is 9.80 Å². The first-order valence-electron chi connectivity index (χ1n) is 17.6. The molecule has 1 aliphatic rings. The van der Waals surface area contributed by atoms with Gasteiger partial charge in [0.25, 0.3) is 0 Å². The molecule has 1 aliphatic heterocycles. The van der Waals surface area contributed by atoms with E-state index in [1.807, 2.05) is 49.2 Å². The van der Waals surface area contributed by atoms with Gasteiger partial charge in [-0.05, 0) is 77.5 Å². The zero-order chi connectivity index (χ0) is 35.1. The Kier molecular flexibility index (Phi) is 8.82. The van der Waals surface area contributed by atoms with Crippen LogP contribution in [0.4, 0.5) is 22.7 Å². The molecule has 6 nitrogen and oxygen atoms in total. The standard InChI is InChI=1S/C47H31N6.Pt/c1-2-14-42-40(11-1)41-19-18-34(31-45(41)53(42)46-17-5-6-24-50-46)29-33-9-7-10-37(30-33)51-32-52(44-16-4-3-15-43(44)51)47-38(35-20-25-48-26-21-35)12-8-13-39(47)36-22-27-49-28-23-36;/h1-28,32H,29H2;/q-3;. The number of fused-ring (bicyclic) bond motifs is 4. The summed E-state index contributed by atoms with van der Waals surface area (Å²) in [4.78, 5) is 17.8. The minimum Gasteiger partial charge on any atom is -0.493 e. The summed E-state index contributed by atoms with van der Waals surface area (Å²) in [5.74, 6) is 0.881. The van der Waals surface area contributed by atoms with Gasteiger partial charge in [-0.15, -0.1) is 17.7 Å². The zero-order valence-electron chi connectivity index (χ0n) is 28.9. The molecule has 0 unspecified atom stereocenters. The zero-order valence-corrected chi connectivity index (χ0v) is 31.2. The molecule has 0 fully saturated rings. The minimum atomic E-state index is 0. The van der Waals surface area contributed by atoms with Gasteiger partial charge in [0, 0.05) is 85.8 Å². The van der Waals surface area contributed by atoms with Crippen molar-refractivity contribution in [3.63, 3.8) is 0 Å². The average molecular weight is 875 g/mol. The van der Waals surface area contributed by atoms with Gasteiger partial charge in [0.2, 0.25) is 0 Å². The quantitative estimate of drug-likeness (QED) is 0.149. The summed E-state index contributed by atoms with van der Waals surface area (Å²) < 4.78 is 2.21. The summed E-state index contributed by atoms with van der Waals surface area (Å²) >= 11 is 0. The van der Waals surface area contributed by atoms with Gasteiger partial charge < -0.3 is 14.4 Å². The van der Waals surface area contributed by atoms with Crippen molar-refractivity contribution in [2.24, 2.45) is 0 Å². The predicted octanol–water partition coefficient (Wildman–Crippen LogP) is 10.9. The molecule has 7 heteroatoms. The van der Waals surface area contributed by atoms with Crippen molar-refractivity contribution < 1.29 is 21.1 Å². The van der Waals surface area contributed by atoms with Crippen molar-refractivity contribution in [2.45, 2.75) is 6.42 Å². The van der Waals surface area contributed by atoms with Crippen LogP contribution in [0, 0.1) is 18.8 Å². The van der Waals surface area contributed by atoms with E-state index < -0.39 is 0 Å². The van der Waals surface area contributed by atoms with E-state index >= 15 is 0 Å². The Labute approximate surface area is 328 Å². The summed E-state index contributed by atoms with van der Waals surface area (Å²) in [6, 6.07) is 56.2. The molecule has 5 aromatic carbocycles. The number of aromatic nitrogens is 4. The first-order valence-corrected chi connectivity index (χ1v) is 17.6. The molecule has 0 bridgehead atoms. The van der Waals surface area contributed by atoms with Gasteiger partial charge in [-0.1, -0.05) is 60.1 Å². The summed E-state index contributed by atoms with van der Waals surface area (Å²) in [5, 5.41) is 2.35. The number of para-hydroxylation sites is 4. The van der Waals surface area contributed by atoms with E-state index in [1.54, 1.807) is 0 Å². The van der Waals surface area contributed by atoms with Crippen molar-refractivity contribution in [3.8, 4) is 28.1 Å². The van der Waals surface area contributed by atoms with Crippen molar-refractivity contribution in [3.05, 3.63) is 200 Å². The van der Waals surface area contributed by atoms with Crippen LogP contribution in [0.1, 0.15) is 11.1 Å².